The molecule has 0 aromatic heterocycles. The first kappa shape index (κ1) is 16.7. The second-order valence-corrected chi connectivity index (χ2v) is 4.16. The van der Waals surface area contributed by atoms with E-state index in [9.17, 15) is 27.6 Å². The standard InChI is InChI=1S/C13H12F3NO4/c14-13(15,16)10-4-2-1-3-9(10)12(21)17-7-8(18)5-6-11(19)20/h1-4H,5-7H2,(H,17,21)(H,19,20). The van der Waals surface area contributed by atoms with Gasteiger partial charge in [-0.3, -0.25) is 14.4 Å². The zero-order chi connectivity index (χ0) is 16.0. The molecule has 21 heavy (non-hydrogen) atoms. The van der Waals surface area contributed by atoms with Crippen LogP contribution in [0.25, 0.3) is 0 Å². The molecule has 0 aliphatic heterocycles. The van der Waals surface area contributed by atoms with Gasteiger partial charge in [0, 0.05) is 6.42 Å². The molecule has 0 aliphatic carbocycles. The molecule has 5 nitrogen and oxygen atoms in total. The fourth-order valence-corrected chi connectivity index (χ4v) is 1.54. The molecule has 0 radical (unpaired) electrons. The van der Waals surface area contributed by atoms with Crippen LogP contribution in [0, 0.1) is 0 Å². The van der Waals surface area contributed by atoms with Crippen molar-refractivity contribution in [3.63, 3.8) is 0 Å². The molecular formula is C13H12F3NO4. The summed E-state index contributed by atoms with van der Waals surface area (Å²) in [7, 11) is 0. The van der Waals surface area contributed by atoms with Gasteiger partial charge in [-0.05, 0) is 12.1 Å². The molecule has 0 bridgehead atoms. The Kier molecular flexibility index (Phi) is 5.45. The number of benzene rings is 1. The number of carboxylic acid groups (broad SMARTS) is 1. The lowest BCUT2D eigenvalue weighted by molar-refractivity contribution is -0.139. The Balaban J connectivity index is 2.69. The van der Waals surface area contributed by atoms with Crippen LogP contribution in [0.5, 0.6) is 0 Å². The molecule has 0 unspecified atom stereocenters. The zero-order valence-corrected chi connectivity index (χ0v) is 10.7. The summed E-state index contributed by atoms with van der Waals surface area (Å²) < 4.78 is 38.1. The summed E-state index contributed by atoms with van der Waals surface area (Å²) in [5.41, 5.74) is -1.68. The predicted octanol–water partition coefficient (Wildman–Crippen LogP) is 1.87. The summed E-state index contributed by atoms with van der Waals surface area (Å²) in [6.45, 7) is -0.516. The Morgan fingerprint density at radius 1 is 1.10 bits per heavy atom. The van der Waals surface area contributed by atoms with Crippen molar-refractivity contribution in [2.75, 3.05) is 6.54 Å². The van der Waals surface area contributed by atoms with Crippen LogP contribution in [0.4, 0.5) is 13.2 Å². The van der Waals surface area contributed by atoms with Crippen LogP contribution >= 0.6 is 0 Å². The average molecular weight is 303 g/mol. The number of carboxylic acids is 1. The number of halogens is 3. The molecule has 1 amide bonds. The Morgan fingerprint density at radius 3 is 2.29 bits per heavy atom. The first-order chi connectivity index (χ1) is 9.71. The minimum absolute atomic E-state index is 0.295. The van der Waals surface area contributed by atoms with Gasteiger partial charge in [-0.15, -0.1) is 0 Å². The fourth-order valence-electron chi connectivity index (χ4n) is 1.54. The van der Waals surface area contributed by atoms with Crippen LogP contribution in [-0.4, -0.2) is 29.3 Å². The molecule has 0 heterocycles. The second-order valence-electron chi connectivity index (χ2n) is 4.16. The van der Waals surface area contributed by atoms with E-state index in [1.807, 2.05) is 0 Å². The van der Waals surface area contributed by atoms with Gasteiger partial charge in [-0.1, -0.05) is 12.1 Å². The van der Waals surface area contributed by atoms with E-state index in [2.05, 4.69) is 5.32 Å². The van der Waals surface area contributed by atoms with Crippen LogP contribution in [0.2, 0.25) is 0 Å². The first-order valence-corrected chi connectivity index (χ1v) is 5.89. The van der Waals surface area contributed by atoms with E-state index >= 15 is 0 Å². The lowest BCUT2D eigenvalue weighted by Crippen LogP contribution is -2.31. The normalized spacial score (nSPS) is 11.0. The molecule has 1 rings (SSSR count). The topological polar surface area (TPSA) is 83.5 Å². The van der Waals surface area contributed by atoms with Gasteiger partial charge in [-0.2, -0.15) is 13.2 Å². The summed E-state index contributed by atoms with van der Waals surface area (Å²) in [5, 5.41) is 10.4. The maximum absolute atomic E-state index is 12.7. The summed E-state index contributed by atoms with van der Waals surface area (Å²) in [5.74, 6) is -2.78. The molecular weight excluding hydrogens is 291 g/mol. The molecule has 0 atom stereocenters. The molecule has 2 N–H and O–H groups in total. The Morgan fingerprint density at radius 2 is 1.71 bits per heavy atom. The molecule has 114 valence electrons. The van der Waals surface area contributed by atoms with Crippen LogP contribution in [0.15, 0.2) is 24.3 Å². The zero-order valence-electron chi connectivity index (χ0n) is 10.7. The summed E-state index contributed by atoms with van der Waals surface area (Å²) in [6.07, 6.45) is -5.37. The number of amides is 1. The Hall–Kier alpha value is -2.38. The number of hydrogen-bond acceptors (Lipinski definition) is 3. The van der Waals surface area contributed by atoms with Crippen molar-refractivity contribution in [2.24, 2.45) is 0 Å². The lowest BCUT2D eigenvalue weighted by Gasteiger charge is -2.12. The molecule has 0 spiro atoms. The van der Waals surface area contributed by atoms with Crippen molar-refractivity contribution in [1.82, 2.24) is 5.32 Å². The van der Waals surface area contributed by atoms with Gasteiger partial charge in [0.1, 0.15) is 0 Å². The number of aliphatic carboxylic acids is 1. The van der Waals surface area contributed by atoms with Gasteiger partial charge >= 0.3 is 12.1 Å². The fraction of sp³-hybridized carbons (Fsp3) is 0.308. The summed E-state index contributed by atoms with van der Waals surface area (Å²) >= 11 is 0. The number of alkyl halides is 3. The third-order valence-electron chi connectivity index (χ3n) is 2.54. The smallest absolute Gasteiger partial charge is 0.417 e. The first-order valence-electron chi connectivity index (χ1n) is 5.89. The molecule has 0 saturated carbocycles. The number of carbonyl (C=O) groups excluding carboxylic acids is 2. The molecule has 0 aliphatic rings. The number of carbonyl (C=O) groups is 3. The van der Waals surface area contributed by atoms with Crippen molar-refractivity contribution in [2.45, 2.75) is 19.0 Å². The lowest BCUT2D eigenvalue weighted by atomic mass is 10.1. The monoisotopic (exact) mass is 303 g/mol. The maximum Gasteiger partial charge on any atom is 0.417 e. The number of hydrogen-bond donors (Lipinski definition) is 2. The Labute approximate surface area is 117 Å². The molecule has 0 saturated heterocycles. The maximum atomic E-state index is 12.7. The van der Waals surface area contributed by atoms with E-state index in [1.54, 1.807) is 0 Å². The third-order valence-corrected chi connectivity index (χ3v) is 2.54. The quantitative estimate of drug-likeness (QED) is 0.840. The van der Waals surface area contributed by atoms with Crippen molar-refractivity contribution in [3.8, 4) is 0 Å². The second kappa shape index (κ2) is 6.87. The van der Waals surface area contributed by atoms with Crippen LogP contribution in [-0.2, 0) is 15.8 Å². The van der Waals surface area contributed by atoms with E-state index < -0.39 is 47.9 Å². The third kappa shape index (κ3) is 5.25. The highest BCUT2D eigenvalue weighted by molar-refractivity contribution is 5.98. The number of Topliss-reactive ketones (excluding diaryl/α,β-unsaturated/α-hetero) is 1. The highest BCUT2D eigenvalue weighted by atomic mass is 19.4. The molecule has 0 fully saturated rings. The molecule has 1 aromatic rings. The minimum Gasteiger partial charge on any atom is -0.481 e. The van der Waals surface area contributed by atoms with Crippen molar-refractivity contribution in [3.05, 3.63) is 35.4 Å². The summed E-state index contributed by atoms with van der Waals surface area (Å²) in [6, 6.07) is 4.19. The SMILES string of the molecule is O=C(O)CCC(=O)CNC(=O)c1ccccc1C(F)(F)F. The highest BCUT2D eigenvalue weighted by Crippen LogP contribution is 2.31. The van der Waals surface area contributed by atoms with Gasteiger partial charge in [0.25, 0.3) is 5.91 Å². The largest absolute Gasteiger partial charge is 0.481 e. The van der Waals surface area contributed by atoms with Gasteiger partial charge < -0.3 is 10.4 Å². The minimum atomic E-state index is -4.68. The Bertz CT molecular complexity index is 555. The van der Waals surface area contributed by atoms with E-state index in [0.29, 0.717) is 0 Å². The molecule has 8 heteroatoms. The van der Waals surface area contributed by atoms with E-state index in [-0.39, 0.29) is 6.42 Å². The summed E-state index contributed by atoms with van der Waals surface area (Å²) in [4.78, 5) is 33.2. The van der Waals surface area contributed by atoms with Gasteiger partial charge in [0.15, 0.2) is 5.78 Å². The number of rotatable bonds is 6. The van der Waals surface area contributed by atoms with E-state index in [1.165, 1.54) is 6.07 Å². The van der Waals surface area contributed by atoms with Gasteiger partial charge in [0.05, 0.1) is 24.1 Å². The van der Waals surface area contributed by atoms with Crippen LogP contribution < -0.4 is 5.32 Å². The molecule has 1 aromatic carbocycles. The van der Waals surface area contributed by atoms with E-state index in [4.69, 9.17) is 5.11 Å². The van der Waals surface area contributed by atoms with Gasteiger partial charge in [0.2, 0.25) is 0 Å². The van der Waals surface area contributed by atoms with Crippen molar-refractivity contribution in [1.29, 1.82) is 0 Å². The highest BCUT2D eigenvalue weighted by Gasteiger charge is 2.34. The predicted molar refractivity (Wildman–Crippen MR) is 65.7 cm³/mol. The number of nitrogens with one attached hydrogen (secondary N) is 1. The van der Waals surface area contributed by atoms with Gasteiger partial charge in [-0.25, -0.2) is 0 Å². The van der Waals surface area contributed by atoms with E-state index in [0.717, 1.165) is 18.2 Å². The van der Waals surface area contributed by atoms with Crippen LogP contribution in [0.3, 0.4) is 0 Å². The van der Waals surface area contributed by atoms with Crippen LogP contribution in [0.1, 0.15) is 28.8 Å². The van der Waals surface area contributed by atoms with Crippen molar-refractivity contribution < 1.29 is 32.7 Å². The number of ketones is 1. The average Bonchev–Trinajstić information content (AvgIpc) is 2.41. The van der Waals surface area contributed by atoms with Crippen molar-refractivity contribution >= 4 is 17.7 Å².